The van der Waals surface area contributed by atoms with Crippen LogP contribution in [-0.2, 0) is 9.53 Å². The lowest BCUT2D eigenvalue weighted by atomic mass is 9.95. The van der Waals surface area contributed by atoms with Gasteiger partial charge >= 0.3 is 5.97 Å². The van der Waals surface area contributed by atoms with Gasteiger partial charge in [-0.3, -0.25) is 4.79 Å². The first kappa shape index (κ1) is 13.7. The Kier molecular flexibility index (Phi) is 6.43. The van der Waals surface area contributed by atoms with E-state index in [0.29, 0.717) is 6.61 Å². The van der Waals surface area contributed by atoms with Crippen molar-refractivity contribution in [2.24, 2.45) is 5.92 Å². The molecule has 1 unspecified atom stereocenters. The highest BCUT2D eigenvalue weighted by molar-refractivity contribution is 5.65. The number of allylic oxidation sites excluding steroid dienone is 2. The fourth-order valence-electron chi connectivity index (χ4n) is 1.15. The van der Waals surface area contributed by atoms with Crippen molar-refractivity contribution in [3.8, 4) is 0 Å². The lowest BCUT2D eigenvalue weighted by Crippen LogP contribution is -2.13. The summed E-state index contributed by atoms with van der Waals surface area (Å²) in [6.45, 7) is 15.2. The van der Waals surface area contributed by atoms with Gasteiger partial charge in [0.1, 0.15) is 0 Å². The third-order valence-corrected chi connectivity index (χ3v) is 2.29. The zero-order valence-electron chi connectivity index (χ0n) is 9.71. The summed E-state index contributed by atoms with van der Waals surface area (Å²) < 4.78 is 4.98. The second kappa shape index (κ2) is 7.04. The molecule has 0 radical (unpaired) electrons. The summed E-state index contributed by atoms with van der Waals surface area (Å²) in [5.41, 5.74) is 2.04. The number of esters is 1. The zero-order chi connectivity index (χ0) is 11.8. The molecule has 0 rings (SSSR count). The van der Waals surface area contributed by atoms with Crippen LogP contribution >= 0.6 is 0 Å². The van der Waals surface area contributed by atoms with Crippen molar-refractivity contribution in [3.05, 3.63) is 37.0 Å². The average Bonchev–Trinajstić information content (AvgIpc) is 2.16. The Morgan fingerprint density at radius 1 is 1.40 bits per heavy atom. The smallest absolute Gasteiger partial charge is 0.302 e. The molecule has 1 atom stereocenters. The number of ether oxygens (including phenoxy) is 1. The monoisotopic (exact) mass is 208 g/mol. The molecule has 0 N–H and O–H groups in total. The summed E-state index contributed by atoms with van der Waals surface area (Å²) >= 11 is 0. The Morgan fingerprint density at radius 2 is 2.00 bits per heavy atom. The van der Waals surface area contributed by atoms with E-state index in [1.807, 2.05) is 6.92 Å². The summed E-state index contributed by atoms with van der Waals surface area (Å²) in [4.78, 5) is 10.7. The lowest BCUT2D eigenvalue weighted by molar-refractivity contribution is -0.141. The molecule has 0 aliphatic heterocycles. The van der Waals surface area contributed by atoms with Crippen LogP contribution in [0.2, 0.25) is 0 Å². The zero-order valence-corrected chi connectivity index (χ0v) is 9.71. The SMILES string of the molecule is C=CC(=C)CCC(COC(C)=O)C(=C)C. The third kappa shape index (κ3) is 6.72. The fraction of sp³-hybridized carbons (Fsp3) is 0.462. The highest BCUT2D eigenvalue weighted by Crippen LogP contribution is 2.18. The highest BCUT2D eigenvalue weighted by atomic mass is 16.5. The molecule has 0 aliphatic rings. The van der Waals surface area contributed by atoms with E-state index in [-0.39, 0.29) is 11.9 Å². The minimum Gasteiger partial charge on any atom is -0.465 e. The molecule has 0 aliphatic carbocycles. The van der Waals surface area contributed by atoms with Gasteiger partial charge in [-0.15, -0.1) is 0 Å². The van der Waals surface area contributed by atoms with Gasteiger partial charge in [-0.1, -0.05) is 37.0 Å². The van der Waals surface area contributed by atoms with Crippen LogP contribution in [0, 0.1) is 5.92 Å². The Labute approximate surface area is 92.3 Å². The van der Waals surface area contributed by atoms with E-state index >= 15 is 0 Å². The van der Waals surface area contributed by atoms with E-state index in [1.54, 1.807) is 6.08 Å². The standard InChI is InChI=1S/C13H20O2/c1-6-11(4)7-8-13(10(2)3)9-15-12(5)14/h6,13H,1-2,4,7-9H2,3,5H3. The summed E-state index contributed by atoms with van der Waals surface area (Å²) in [5, 5.41) is 0. The Balaban J connectivity index is 4.04. The van der Waals surface area contributed by atoms with Gasteiger partial charge in [-0.05, 0) is 19.8 Å². The number of rotatable bonds is 7. The molecule has 0 saturated carbocycles. The van der Waals surface area contributed by atoms with Gasteiger partial charge in [0, 0.05) is 12.8 Å². The molecule has 2 nitrogen and oxygen atoms in total. The molecule has 0 aromatic carbocycles. The molecule has 0 fully saturated rings. The molecule has 84 valence electrons. The summed E-state index contributed by atoms with van der Waals surface area (Å²) in [5.74, 6) is -0.0330. The van der Waals surface area contributed by atoms with Crippen molar-refractivity contribution in [3.63, 3.8) is 0 Å². The van der Waals surface area contributed by atoms with Gasteiger partial charge in [0.25, 0.3) is 0 Å². The van der Waals surface area contributed by atoms with Crippen molar-refractivity contribution in [2.75, 3.05) is 6.61 Å². The fourth-order valence-corrected chi connectivity index (χ4v) is 1.15. The second-order valence-corrected chi connectivity index (χ2v) is 3.75. The van der Waals surface area contributed by atoms with Crippen molar-refractivity contribution < 1.29 is 9.53 Å². The maximum atomic E-state index is 10.7. The molecule has 15 heavy (non-hydrogen) atoms. The summed E-state index contributed by atoms with van der Waals surface area (Å²) in [6.07, 6.45) is 3.51. The van der Waals surface area contributed by atoms with Crippen LogP contribution in [0.25, 0.3) is 0 Å². The van der Waals surface area contributed by atoms with Crippen LogP contribution in [0.5, 0.6) is 0 Å². The van der Waals surface area contributed by atoms with Crippen LogP contribution in [0.3, 0.4) is 0 Å². The molecular formula is C13H20O2. The molecule has 2 heteroatoms. The van der Waals surface area contributed by atoms with Gasteiger partial charge in [0.2, 0.25) is 0 Å². The topological polar surface area (TPSA) is 26.3 Å². The van der Waals surface area contributed by atoms with E-state index < -0.39 is 0 Å². The van der Waals surface area contributed by atoms with Gasteiger partial charge in [0.15, 0.2) is 0 Å². The maximum absolute atomic E-state index is 10.7. The first-order valence-corrected chi connectivity index (χ1v) is 5.06. The Hall–Kier alpha value is -1.31. The van der Waals surface area contributed by atoms with Gasteiger partial charge in [-0.2, -0.15) is 0 Å². The van der Waals surface area contributed by atoms with E-state index in [1.165, 1.54) is 6.92 Å². The van der Waals surface area contributed by atoms with Crippen LogP contribution < -0.4 is 0 Å². The third-order valence-electron chi connectivity index (χ3n) is 2.29. The first-order valence-electron chi connectivity index (χ1n) is 5.06. The van der Waals surface area contributed by atoms with Gasteiger partial charge < -0.3 is 4.74 Å². The van der Waals surface area contributed by atoms with E-state index in [9.17, 15) is 4.79 Å². The van der Waals surface area contributed by atoms with E-state index in [4.69, 9.17) is 4.74 Å². The minimum atomic E-state index is -0.246. The normalized spacial score (nSPS) is 11.6. The van der Waals surface area contributed by atoms with Crippen molar-refractivity contribution in [1.29, 1.82) is 0 Å². The Bertz CT molecular complexity index is 264. The molecule has 0 spiro atoms. The molecule has 0 aromatic heterocycles. The Morgan fingerprint density at radius 3 is 2.40 bits per heavy atom. The van der Waals surface area contributed by atoms with Crippen molar-refractivity contribution in [1.82, 2.24) is 0 Å². The minimum absolute atomic E-state index is 0.214. The number of hydrogen-bond donors (Lipinski definition) is 0. The number of hydrogen-bond acceptors (Lipinski definition) is 2. The van der Waals surface area contributed by atoms with Crippen LogP contribution in [0.4, 0.5) is 0 Å². The van der Waals surface area contributed by atoms with E-state index in [0.717, 1.165) is 24.0 Å². The van der Waals surface area contributed by atoms with Crippen LogP contribution in [-0.4, -0.2) is 12.6 Å². The molecule has 0 saturated heterocycles. The van der Waals surface area contributed by atoms with Crippen LogP contribution in [0.1, 0.15) is 26.7 Å². The predicted octanol–water partition coefficient (Wildman–Crippen LogP) is 3.26. The number of carbonyl (C=O) groups excluding carboxylic acids is 1. The first-order chi connectivity index (χ1) is 6.97. The number of carbonyl (C=O) groups is 1. The average molecular weight is 208 g/mol. The van der Waals surface area contributed by atoms with Crippen LogP contribution in [0.15, 0.2) is 37.0 Å². The van der Waals surface area contributed by atoms with Gasteiger partial charge in [0.05, 0.1) is 6.61 Å². The molecule has 0 bridgehead atoms. The summed E-state index contributed by atoms with van der Waals surface area (Å²) in [6, 6.07) is 0. The van der Waals surface area contributed by atoms with E-state index in [2.05, 4.69) is 19.7 Å². The molecular weight excluding hydrogens is 188 g/mol. The van der Waals surface area contributed by atoms with Crippen molar-refractivity contribution in [2.45, 2.75) is 26.7 Å². The molecule has 0 heterocycles. The van der Waals surface area contributed by atoms with Gasteiger partial charge in [-0.25, -0.2) is 0 Å². The summed E-state index contributed by atoms with van der Waals surface area (Å²) in [7, 11) is 0. The quantitative estimate of drug-likeness (QED) is 0.364. The second-order valence-electron chi connectivity index (χ2n) is 3.75. The maximum Gasteiger partial charge on any atom is 0.302 e. The lowest BCUT2D eigenvalue weighted by Gasteiger charge is -2.16. The molecule has 0 amide bonds. The largest absolute Gasteiger partial charge is 0.465 e. The molecule has 0 aromatic rings. The predicted molar refractivity (Wildman–Crippen MR) is 63.5 cm³/mol. The van der Waals surface area contributed by atoms with Crippen molar-refractivity contribution >= 4 is 5.97 Å². The highest BCUT2D eigenvalue weighted by Gasteiger charge is 2.11.